The number of carbonyl (C=O) groups excluding carboxylic acids is 1. The molecule has 0 saturated heterocycles. The van der Waals surface area contributed by atoms with Crippen molar-refractivity contribution >= 4 is 6.29 Å². The number of para-hydroxylation sites is 1. The van der Waals surface area contributed by atoms with Gasteiger partial charge in [-0.2, -0.15) is 0 Å². The first-order chi connectivity index (χ1) is 6.81. The number of rotatable bonds is 2. The van der Waals surface area contributed by atoms with E-state index in [0.29, 0.717) is 0 Å². The van der Waals surface area contributed by atoms with E-state index in [0.717, 1.165) is 18.6 Å². The number of hydrogen-bond donors (Lipinski definition) is 0. The molecule has 1 aliphatic rings. The van der Waals surface area contributed by atoms with Crippen molar-refractivity contribution in [2.45, 2.75) is 25.9 Å². The van der Waals surface area contributed by atoms with Crippen LogP contribution < -0.4 is 4.74 Å². The van der Waals surface area contributed by atoms with E-state index in [1.165, 1.54) is 5.56 Å². The minimum absolute atomic E-state index is 0.00222. The fourth-order valence-electron chi connectivity index (χ4n) is 1.77. The Balaban J connectivity index is 2.17. The van der Waals surface area contributed by atoms with Crippen LogP contribution in [0, 0.1) is 5.92 Å². The van der Waals surface area contributed by atoms with Crippen molar-refractivity contribution < 1.29 is 9.53 Å². The van der Waals surface area contributed by atoms with Gasteiger partial charge in [0.2, 0.25) is 6.29 Å². The molecule has 1 aromatic rings. The molecule has 14 heavy (non-hydrogen) atoms. The van der Waals surface area contributed by atoms with Crippen LogP contribution in [0.25, 0.3) is 0 Å². The summed E-state index contributed by atoms with van der Waals surface area (Å²) in [5.41, 5.74) is 1.24. The van der Waals surface area contributed by atoms with E-state index in [1.807, 2.05) is 31.4 Å². The SMILES string of the molecule is CC([C]=O)C1CCc2ccccc2O1. The molecule has 1 heterocycles. The van der Waals surface area contributed by atoms with Gasteiger partial charge in [-0.15, -0.1) is 0 Å². The first kappa shape index (κ1) is 9.25. The van der Waals surface area contributed by atoms with Crippen LogP contribution in [-0.2, 0) is 11.2 Å². The van der Waals surface area contributed by atoms with Crippen molar-refractivity contribution in [3.63, 3.8) is 0 Å². The highest BCUT2D eigenvalue weighted by Gasteiger charge is 2.24. The second-order valence-electron chi connectivity index (χ2n) is 3.71. The van der Waals surface area contributed by atoms with Gasteiger partial charge in [-0.1, -0.05) is 25.1 Å². The van der Waals surface area contributed by atoms with Crippen molar-refractivity contribution in [1.82, 2.24) is 0 Å². The van der Waals surface area contributed by atoms with Crippen LogP contribution in [-0.4, -0.2) is 12.4 Å². The highest BCUT2D eigenvalue weighted by Crippen LogP contribution is 2.29. The summed E-state index contributed by atoms with van der Waals surface area (Å²) in [7, 11) is 0. The van der Waals surface area contributed by atoms with Crippen LogP contribution >= 0.6 is 0 Å². The van der Waals surface area contributed by atoms with Gasteiger partial charge in [-0.3, -0.25) is 4.79 Å². The van der Waals surface area contributed by atoms with E-state index in [2.05, 4.69) is 6.07 Å². The summed E-state index contributed by atoms with van der Waals surface area (Å²) in [6.07, 6.45) is 3.90. The molecular formula is C12H13O2. The van der Waals surface area contributed by atoms with Crippen molar-refractivity contribution in [1.29, 1.82) is 0 Å². The van der Waals surface area contributed by atoms with Crippen molar-refractivity contribution in [3.8, 4) is 5.75 Å². The topological polar surface area (TPSA) is 26.3 Å². The molecule has 0 bridgehead atoms. The van der Waals surface area contributed by atoms with E-state index in [9.17, 15) is 4.79 Å². The number of fused-ring (bicyclic) bond motifs is 1. The zero-order valence-corrected chi connectivity index (χ0v) is 8.19. The summed E-state index contributed by atoms with van der Waals surface area (Å²) in [5, 5.41) is 0. The molecule has 2 rings (SSSR count). The number of ether oxygens (including phenoxy) is 1. The monoisotopic (exact) mass is 189 g/mol. The second kappa shape index (κ2) is 3.82. The fraction of sp³-hybridized carbons (Fsp3) is 0.417. The highest BCUT2D eigenvalue weighted by atomic mass is 16.5. The van der Waals surface area contributed by atoms with Crippen LogP contribution in [0.4, 0.5) is 0 Å². The lowest BCUT2D eigenvalue weighted by Crippen LogP contribution is -2.29. The van der Waals surface area contributed by atoms with Crippen LogP contribution in [0.2, 0.25) is 0 Å². The molecule has 1 radical (unpaired) electrons. The molecule has 2 heteroatoms. The van der Waals surface area contributed by atoms with E-state index in [4.69, 9.17) is 4.74 Å². The van der Waals surface area contributed by atoms with Crippen molar-refractivity contribution in [2.24, 2.45) is 5.92 Å². The third kappa shape index (κ3) is 1.65. The molecule has 1 aliphatic heterocycles. The van der Waals surface area contributed by atoms with Crippen LogP contribution in [0.15, 0.2) is 24.3 Å². The van der Waals surface area contributed by atoms with Crippen LogP contribution in [0.5, 0.6) is 5.75 Å². The van der Waals surface area contributed by atoms with Gasteiger partial charge in [0.05, 0.1) is 5.92 Å². The maximum absolute atomic E-state index is 10.5. The van der Waals surface area contributed by atoms with Gasteiger partial charge in [-0.25, -0.2) is 0 Å². The lowest BCUT2D eigenvalue weighted by atomic mass is 9.95. The molecule has 0 spiro atoms. The van der Waals surface area contributed by atoms with Gasteiger partial charge < -0.3 is 4.74 Å². The standard InChI is InChI=1S/C12H13O2/c1-9(8-13)11-7-6-10-4-2-3-5-12(10)14-11/h2-5,9,11H,6-7H2,1H3. The molecule has 0 saturated carbocycles. The minimum atomic E-state index is -0.136. The van der Waals surface area contributed by atoms with Gasteiger partial charge in [0.1, 0.15) is 11.9 Å². The maximum Gasteiger partial charge on any atom is 0.205 e. The Bertz CT molecular complexity index is 333. The number of aryl methyl sites for hydroxylation is 1. The van der Waals surface area contributed by atoms with Gasteiger partial charge in [0, 0.05) is 0 Å². The van der Waals surface area contributed by atoms with Crippen molar-refractivity contribution in [3.05, 3.63) is 29.8 Å². The Morgan fingerprint density at radius 2 is 2.29 bits per heavy atom. The smallest absolute Gasteiger partial charge is 0.205 e. The zero-order chi connectivity index (χ0) is 9.97. The molecule has 73 valence electrons. The summed E-state index contributed by atoms with van der Waals surface area (Å²) in [4.78, 5) is 10.5. The molecule has 0 aliphatic carbocycles. The quantitative estimate of drug-likeness (QED) is 0.712. The molecule has 2 atom stereocenters. The Morgan fingerprint density at radius 1 is 1.50 bits per heavy atom. The third-order valence-electron chi connectivity index (χ3n) is 2.69. The van der Waals surface area contributed by atoms with Gasteiger partial charge >= 0.3 is 0 Å². The van der Waals surface area contributed by atoms with Crippen LogP contribution in [0.1, 0.15) is 18.9 Å². The average Bonchev–Trinajstić information content (AvgIpc) is 2.27. The third-order valence-corrected chi connectivity index (χ3v) is 2.69. The predicted molar refractivity (Wildman–Crippen MR) is 54.0 cm³/mol. The van der Waals surface area contributed by atoms with Crippen molar-refractivity contribution in [2.75, 3.05) is 0 Å². The van der Waals surface area contributed by atoms with Crippen LogP contribution in [0.3, 0.4) is 0 Å². The Hall–Kier alpha value is -1.31. The second-order valence-corrected chi connectivity index (χ2v) is 3.71. The summed E-state index contributed by atoms with van der Waals surface area (Å²) >= 11 is 0. The normalized spacial score (nSPS) is 21.9. The molecule has 0 N–H and O–H groups in total. The zero-order valence-electron chi connectivity index (χ0n) is 8.19. The molecule has 0 fully saturated rings. The fourth-order valence-corrected chi connectivity index (χ4v) is 1.77. The summed E-state index contributed by atoms with van der Waals surface area (Å²) in [6, 6.07) is 7.99. The molecular weight excluding hydrogens is 176 g/mol. The molecule has 2 unspecified atom stereocenters. The van der Waals surface area contributed by atoms with Gasteiger partial charge in [-0.05, 0) is 24.5 Å². The number of benzene rings is 1. The Labute approximate surface area is 83.9 Å². The summed E-state index contributed by atoms with van der Waals surface area (Å²) < 4.78 is 5.72. The molecule has 0 aromatic heterocycles. The van der Waals surface area contributed by atoms with Gasteiger partial charge in [0.15, 0.2) is 0 Å². The summed E-state index contributed by atoms with van der Waals surface area (Å²) in [5.74, 6) is 0.786. The average molecular weight is 189 g/mol. The Morgan fingerprint density at radius 3 is 3.07 bits per heavy atom. The first-order valence-electron chi connectivity index (χ1n) is 4.93. The Kier molecular flexibility index (Phi) is 2.53. The predicted octanol–water partition coefficient (Wildman–Crippen LogP) is 2.13. The first-order valence-corrected chi connectivity index (χ1v) is 4.93. The van der Waals surface area contributed by atoms with Gasteiger partial charge in [0.25, 0.3) is 0 Å². The molecule has 0 amide bonds. The highest BCUT2D eigenvalue weighted by molar-refractivity contribution is 5.55. The minimum Gasteiger partial charge on any atom is -0.489 e. The van der Waals surface area contributed by atoms with E-state index in [1.54, 1.807) is 0 Å². The van der Waals surface area contributed by atoms with E-state index in [-0.39, 0.29) is 12.0 Å². The lowest BCUT2D eigenvalue weighted by Gasteiger charge is -2.27. The molecule has 2 nitrogen and oxygen atoms in total. The lowest BCUT2D eigenvalue weighted by molar-refractivity contribution is 0.144. The summed E-state index contributed by atoms with van der Waals surface area (Å²) in [6.45, 7) is 1.85. The van der Waals surface area contributed by atoms with E-state index < -0.39 is 0 Å². The number of hydrogen-bond acceptors (Lipinski definition) is 2. The molecule has 1 aromatic carbocycles. The maximum atomic E-state index is 10.5. The largest absolute Gasteiger partial charge is 0.489 e. The van der Waals surface area contributed by atoms with E-state index >= 15 is 0 Å².